The molecule has 8 nitrogen and oxygen atoms in total. The van der Waals surface area contributed by atoms with Gasteiger partial charge >= 0.3 is 0 Å². The molecule has 0 aliphatic carbocycles. The molecule has 0 saturated heterocycles. The number of nitrogens with zero attached hydrogens (tertiary/aromatic N) is 3. The van der Waals surface area contributed by atoms with E-state index in [0.717, 1.165) is 5.56 Å². The van der Waals surface area contributed by atoms with Crippen molar-refractivity contribution in [2.24, 2.45) is 0 Å². The molecule has 0 amide bonds. The molecule has 0 radical (unpaired) electrons. The first kappa shape index (κ1) is 25.7. The van der Waals surface area contributed by atoms with Gasteiger partial charge in [0.05, 0.1) is 26.9 Å². The molecular weight excluding hydrogens is 544 g/mol. The van der Waals surface area contributed by atoms with Gasteiger partial charge in [0.25, 0.3) is 10.0 Å². The van der Waals surface area contributed by atoms with E-state index in [4.69, 9.17) is 9.97 Å². The van der Waals surface area contributed by atoms with Crippen LogP contribution in [0, 0.1) is 0 Å². The molecule has 0 aliphatic heterocycles. The topological polar surface area (TPSA) is 111 Å². The van der Waals surface area contributed by atoms with Gasteiger partial charge in [-0.3, -0.25) is 4.72 Å². The largest absolute Gasteiger partial charge is 0.302 e. The second-order valence-electron chi connectivity index (χ2n) is 9.25. The molecule has 0 unspecified atom stereocenters. The van der Waals surface area contributed by atoms with E-state index in [2.05, 4.69) is 4.72 Å². The summed E-state index contributed by atoms with van der Waals surface area (Å²) in [4.78, 5) is 9.30. The first-order chi connectivity index (χ1) is 19.3. The highest BCUT2D eigenvalue weighted by Crippen LogP contribution is 2.41. The summed E-state index contributed by atoms with van der Waals surface area (Å²) in [5, 5.41) is 0. The Morgan fingerprint density at radius 1 is 0.650 bits per heavy atom. The SMILES string of the molecule is C[C@@H](c1ccccc1)n1c(NS(=O)(=O)c2ccccc2)c(S(=O)(=O)c2ccccc2)c2nc3ccccc3nc21. The van der Waals surface area contributed by atoms with Gasteiger partial charge in [-0.1, -0.05) is 78.9 Å². The predicted molar refractivity (Wildman–Crippen MR) is 154 cm³/mol. The van der Waals surface area contributed by atoms with Crippen LogP contribution in [0.1, 0.15) is 18.5 Å². The minimum Gasteiger partial charge on any atom is -0.302 e. The van der Waals surface area contributed by atoms with Gasteiger partial charge in [0.15, 0.2) is 5.65 Å². The third-order valence-corrected chi connectivity index (χ3v) is 9.90. The Bertz CT molecular complexity index is 2060. The molecule has 40 heavy (non-hydrogen) atoms. The van der Waals surface area contributed by atoms with Crippen LogP contribution in [-0.4, -0.2) is 31.4 Å². The van der Waals surface area contributed by atoms with Gasteiger partial charge in [0.1, 0.15) is 16.2 Å². The van der Waals surface area contributed by atoms with E-state index in [0.29, 0.717) is 11.0 Å². The van der Waals surface area contributed by atoms with Crippen molar-refractivity contribution in [2.45, 2.75) is 27.7 Å². The maximum atomic E-state index is 14.3. The lowest BCUT2D eigenvalue weighted by Gasteiger charge is -2.20. The monoisotopic (exact) mass is 568 g/mol. The number of nitrogens with one attached hydrogen (secondary N) is 1. The summed E-state index contributed by atoms with van der Waals surface area (Å²) in [5.74, 6) is -0.130. The predicted octanol–water partition coefficient (Wildman–Crippen LogP) is 5.83. The summed E-state index contributed by atoms with van der Waals surface area (Å²) in [7, 11) is -8.47. The van der Waals surface area contributed by atoms with Crippen molar-refractivity contribution in [2.75, 3.05) is 4.72 Å². The van der Waals surface area contributed by atoms with Gasteiger partial charge < -0.3 is 4.57 Å². The molecule has 0 aliphatic rings. The van der Waals surface area contributed by atoms with Crippen LogP contribution in [0.15, 0.2) is 130 Å². The Hall–Kier alpha value is -4.54. The Morgan fingerprint density at radius 3 is 1.75 bits per heavy atom. The smallest absolute Gasteiger partial charge is 0.263 e. The van der Waals surface area contributed by atoms with E-state index in [-0.39, 0.29) is 31.7 Å². The van der Waals surface area contributed by atoms with Gasteiger partial charge in [-0.2, -0.15) is 0 Å². The minimum atomic E-state index is -4.26. The molecule has 0 spiro atoms. The van der Waals surface area contributed by atoms with Crippen LogP contribution in [0.4, 0.5) is 5.82 Å². The minimum absolute atomic E-state index is 0.00620. The summed E-state index contributed by atoms with van der Waals surface area (Å²) in [6, 6.07) is 31.7. The number of sulfone groups is 1. The Kier molecular flexibility index (Phi) is 6.36. The van der Waals surface area contributed by atoms with E-state index in [1.807, 2.05) is 43.3 Å². The number of aromatic nitrogens is 3. The summed E-state index contributed by atoms with van der Waals surface area (Å²) in [6.45, 7) is 1.87. The zero-order valence-electron chi connectivity index (χ0n) is 21.3. The highest BCUT2D eigenvalue weighted by Gasteiger charge is 2.35. The van der Waals surface area contributed by atoms with Crippen LogP contribution >= 0.6 is 0 Å². The lowest BCUT2D eigenvalue weighted by Crippen LogP contribution is -2.20. The quantitative estimate of drug-likeness (QED) is 0.260. The molecule has 4 aromatic carbocycles. The number of fused-ring (bicyclic) bond motifs is 2. The lowest BCUT2D eigenvalue weighted by atomic mass is 10.1. The van der Waals surface area contributed by atoms with E-state index in [1.165, 1.54) is 24.3 Å². The number of anilines is 1. The van der Waals surface area contributed by atoms with Crippen LogP contribution in [0.2, 0.25) is 0 Å². The van der Waals surface area contributed by atoms with E-state index >= 15 is 0 Å². The van der Waals surface area contributed by atoms with Gasteiger partial charge in [0, 0.05) is 0 Å². The summed E-state index contributed by atoms with van der Waals surface area (Å²) >= 11 is 0. The van der Waals surface area contributed by atoms with Gasteiger partial charge in [-0.05, 0) is 48.9 Å². The van der Waals surface area contributed by atoms with Crippen LogP contribution in [-0.2, 0) is 19.9 Å². The fraction of sp³-hybridized carbons (Fsp3) is 0.0667. The number of hydrogen-bond donors (Lipinski definition) is 1. The summed E-state index contributed by atoms with van der Waals surface area (Å²) in [5.41, 5.74) is 2.20. The maximum Gasteiger partial charge on any atom is 0.263 e. The van der Waals surface area contributed by atoms with Crippen molar-refractivity contribution in [3.63, 3.8) is 0 Å². The zero-order chi connectivity index (χ0) is 27.9. The highest BCUT2D eigenvalue weighted by molar-refractivity contribution is 7.93. The molecule has 2 heterocycles. The van der Waals surface area contributed by atoms with Crippen LogP contribution in [0.25, 0.3) is 22.2 Å². The zero-order valence-corrected chi connectivity index (χ0v) is 23.0. The molecular formula is C30H24N4O4S2. The number of rotatable bonds is 7. The van der Waals surface area contributed by atoms with Gasteiger partial charge in [-0.25, -0.2) is 26.8 Å². The number of sulfonamides is 1. The molecule has 6 aromatic rings. The maximum absolute atomic E-state index is 14.3. The van der Waals surface area contributed by atoms with E-state index in [9.17, 15) is 16.8 Å². The van der Waals surface area contributed by atoms with Crippen molar-refractivity contribution in [1.82, 2.24) is 14.5 Å². The molecule has 0 saturated carbocycles. The van der Waals surface area contributed by atoms with Crippen molar-refractivity contribution in [3.05, 3.63) is 121 Å². The number of benzene rings is 4. The van der Waals surface area contributed by atoms with Crippen molar-refractivity contribution < 1.29 is 16.8 Å². The highest BCUT2D eigenvalue weighted by atomic mass is 32.2. The molecule has 0 bridgehead atoms. The second-order valence-corrected chi connectivity index (χ2v) is 12.8. The average molecular weight is 569 g/mol. The summed E-state index contributed by atoms with van der Waals surface area (Å²) in [6.07, 6.45) is 0. The van der Waals surface area contributed by atoms with Crippen molar-refractivity contribution in [3.8, 4) is 0 Å². The second kappa shape index (κ2) is 9.89. The van der Waals surface area contributed by atoms with E-state index in [1.54, 1.807) is 59.2 Å². The van der Waals surface area contributed by atoms with E-state index < -0.39 is 25.9 Å². The van der Waals surface area contributed by atoms with Crippen molar-refractivity contribution >= 4 is 47.9 Å². The molecule has 10 heteroatoms. The standard InChI is InChI=1S/C30H24N4O4S2/c1-21(22-13-5-2-6-14-22)34-29-27(31-25-19-11-12-20-26(25)32-29)28(39(35,36)23-15-7-3-8-16-23)30(34)33-40(37,38)24-17-9-4-10-18-24/h2-21,33H,1H3/t21-/m0/s1. The fourth-order valence-corrected chi connectivity index (χ4v) is 7.45. The molecule has 2 aromatic heterocycles. The third kappa shape index (κ3) is 4.41. The first-order valence-electron chi connectivity index (χ1n) is 12.5. The fourth-order valence-electron chi connectivity index (χ4n) is 4.75. The molecule has 200 valence electrons. The van der Waals surface area contributed by atoms with Gasteiger partial charge in [0.2, 0.25) is 9.84 Å². The average Bonchev–Trinajstić information content (AvgIpc) is 3.29. The molecule has 6 rings (SSSR count). The summed E-state index contributed by atoms with van der Waals surface area (Å²) < 4.78 is 60.2. The molecule has 0 fully saturated rings. The van der Waals surface area contributed by atoms with Crippen LogP contribution < -0.4 is 4.72 Å². The normalized spacial score (nSPS) is 12.9. The van der Waals surface area contributed by atoms with Crippen molar-refractivity contribution in [1.29, 1.82) is 0 Å². The molecule has 1 N–H and O–H groups in total. The lowest BCUT2D eigenvalue weighted by molar-refractivity contribution is 0.595. The number of para-hydroxylation sites is 2. The molecule has 1 atom stereocenters. The third-order valence-electron chi connectivity index (χ3n) is 6.73. The first-order valence-corrected chi connectivity index (χ1v) is 15.5. The Balaban J connectivity index is 1.74. The van der Waals surface area contributed by atoms with Gasteiger partial charge in [-0.15, -0.1) is 0 Å². The van der Waals surface area contributed by atoms with Crippen LogP contribution in [0.5, 0.6) is 0 Å². The Morgan fingerprint density at radius 2 is 1.15 bits per heavy atom. The Labute approximate surface area is 231 Å². The number of hydrogen-bond acceptors (Lipinski definition) is 6. The van der Waals surface area contributed by atoms with Crippen LogP contribution in [0.3, 0.4) is 0 Å².